The first-order chi connectivity index (χ1) is 10.6. The number of hydrogen-bond acceptors (Lipinski definition) is 5. The molecule has 2 heterocycles. The predicted molar refractivity (Wildman–Crippen MR) is 75.3 cm³/mol. The quantitative estimate of drug-likeness (QED) is 0.476. The van der Waals surface area contributed by atoms with Crippen LogP contribution in [0.1, 0.15) is 24.2 Å². The van der Waals surface area contributed by atoms with Gasteiger partial charge in [0.15, 0.2) is 0 Å². The van der Waals surface area contributed by atoms with Crippen molar-refractivity contribution in [3.05, 3.63) is 58.9 Å². The second-order valence-corrected chi connectivity index (χ2v) is 5.67. The zero-order valence-corrected chi connectivity index (χ0v) is 11.9. The Kier molecular flexibility index (Phi) is 2.82. The minimum Gasteiger partial charge on any atom is -0.458 e. The predicted octanol–water partition coefficient (Wildman–Crippen LogP) is 2.19. The van der Waals surface area contributed by atoms with Crippen molar-refractivity contribution in [1.29, 1.82) is 0 Å². The van der Waals surface area contributed by atoms with Gasteiger partial charge in [-0.2, -0.15) is 0 Å². The number of carbonyl (C=O) groups excluding carboxylic acids is 2. The van der Waals surface area contributed by atoms with Crippen LogP contribution in [0.25, 0.3) is 0 Å². The third kappa shape index (κ3) is 1.93. The molecule has 0 radical (unpaired) electrons. The Labute approximate surface area is 127 Å². The van der Waals surface area contributed by atoms with Crippen LogP contribution < -0.4 is 0 Å². The van der Waals surface area contributed by atoms with Gasteiger partial charge in [0.2, 0.25) is 0 Å². The number of esters is 2. The maximum atomic E-state index is 12.0. The molecule has 0 amide bonds. The Morgan fingerprint density at radius 1 is 1.18 bits per heavy atom. The van der Waals surface area contributed by atoms with Crippen LogP contribution in [0.4, 0.5) is 0 Å². The molecule has 0 N–H and O–H groups in total. The molecule has 0 spiro atoms. The Hall–Kier alpha value is -2.56. The van der Waals surface area contributed by atoms with Crippen molar-refractivity contribution in [2.75, 3.05) is 0 Å². The molecule has 1 fully saturated rings. The summed E-state index contributed by atoms with van der Waals surface area (Å²) in [7, 11) is 0. The molecule has 3 aliphatic rings. The summed E-state index contributed by atoms with van der Waals surface area (Å²) in [5, 5.41) is 0. The van der Waals surface area contributed by atoms with Gasteiger partial charge in [-0.1, -0.05) is 24.3 Å². The largest absolute Gasteiger partial charge is 0.458 e. The first-order valence-electron chi connectivity index (χ1n) is 7.17. The van der Waals surface area contributed by atoms with Crippen molar-refractivity contribution in [2.24, 2.45) is 5.92 Å². The van der Waals surface area contributed by atoms with Gasteiger partial charge in [0.05, 0.1) is 11.8 Å². The van der Waals surface area contributed by atoms with E-state index in [0.717, 1.165) is 12.0 Å². The molecule has 1 aromatic rings. The van der Waals surface area contributed by atoms with Crippen LogP contribution in [0.5, 0.6) is 0 Å². The van der Waals surface area contributed by atoms with Gasteiger partial charge < -0.3 is 14.2 Å². The van der Waals surface area contributed by atoms with Crippen molar-refractivity contribution < 1.29 is 23.8 Å². The van der Waals surface area contributed by atoms with E-state index >= 15 is 0 Å². The van der Waals surface area contributed by atoms with Gasteiger partial charge in [0, 0.05) is 17.6 Å². The van der Waals surface area contributed by atoms with Gasteiger partial charge in [-0.05, 0) is 24.5 Å². The third-order valence-electron chi connectivity index (χ3n) is 4.30. The van der Waals surface area contributed by atoms with E-state index in [9.17, 15) is 9.59 Å². The fourth-order valence-corrected chi connectivity index (χ4v) is 3.16. The number of benzene rings is 1. The van der Waals surface area contributed by atoms with Gasteiger partial charge in [0.25, 0.3) is 6.29 Å². The lowest BCUT2D eigenvalue weighted by Crippen LogP contribution is -2.11. The molecule has 22 heavy (non-hydrogen) atoms. The van der Waals surface area contributed by atoms with E-state index in [4.69, 9.17) is 14.2 Å². The Morgan fingerprint density at radius 2 is 2.00 bits per heavy atom. The van der Waals surface area contributed by atoms with Crippen LogP contribution in [0, 0.1) is 5.92 Å². The Bertz CT molecular complexity index is 730. The average Bonchev–Trinajstić information content (AvgIpc) is 3.10. The van der Waals surface area contributed by atoms with Crippen molar-refractivity contribution in [3.8, 4) is 0 Å². The lowest BCUT2D eigenvalue weighted by Gasteiger charge is -2.09. The number of hydrogen-bond donors (Lipinski definition) is 0. The molecular formula is C17H14O5. The minimum absolute atomic E-state index is 0.0351. The summed E-state index contributed by atoms with van der Waals surface area (Å²) in [5.41, 5.74) is 3.25. The van der Waals surface area contributed by atoms with E-state index in [1.807, 2.05) is 24.3 Å². The molecule has 0 unspecified atom stereocenters. The normalized spacial score (nSPS) is 30.7. The van der Waals surface area contributed by atoms with Crippen molar-refractivity contribution in [3.63, 3.8) is 0 Å². The average molecular weight is 298 g/mol. The summed E-state index contributed by atoms with van der Waals surface area (Å²) < 4.78 is 15.9. The number of fused-ring (bicyclic) bond motifs is 3. The van der Waals surface area contributed by atoms with Gasteiger partial charge in [-0.25, -0.2) is 9.59 Å². The highest BCUT2D eigenvalue weighted by atomic mass is 16.7. The number of ether oxygens (including phenoxy) is 3. The SMILES string of the molecule is CC1=C[C@H](OC=C2C(=O)O[C@H]3c4ccccc4C[C@@H]23)OC1=O. The molecule has 2 aliphatic heterocycles. The molecule has 3 atom stereocenters. The Morgan fingerprint density at radius 3 is 2.77 bits per heavy atom. The van der Waals surface area contributed by atoms with E-state index in [2.05, 4.69) is 0 Å². The van der Waals surface area contributed by atoms with Crippen LogP contribution in [-0.2, 0) is 30.2 Å². The van der Waals surface area contributed by atoms with E-state index in [1.54, 1.807) is 13.0 Å². The number of carbonyl (C=O) groups is 2. The summed E-state index contributed by atoms with van der Waals surface area (Å²) in [5.74, 6) is -0.801. The lowest BCUT2D eigenvalue weighted by molar-refractivity contribution is -0.152. The third-order valence-corrected chi connectivity index (χ3v) is 4.30. The summed E-state index contributed by atoms with van der Waals surface area (Å²) in [4.78, 5) is 23.3. The molecule has 1 aromatic carbocycles. The topological polar surface area (TPSA) is 61.8 Å². The summed E-state index contributed by atoms with van der Waals surface area (Å²) in [6, 6.07) is 7.96. The molecule has 5 heteroatoms. The number of cyclic esters (lactones) is 1. The molecular weight excluding hydrogens is 284 g/mol. The molecule has 112 valence electrons. The minimum atomic E-state index is -0.768. The van der Waals surface area contributed by atoms with Crippen LogP contribution >= 0.6 is 0 Å². The second kappa shape index (κ2) is 4.73. The number of rotatable bonds is 2. The fourth-order valence-electron chi connectivity index (χ4n) is 3.16. The monoisotopic (exact) mass is 298 g/mol. The zero-order valence-electron chi connectivity index (χ0n) is 11.9. The molecule has 0 aromatic heterocycles. The molecule has 0 bridgehead atoms. The maximum absolute atomic E-state index is 12.0. The highest BCUT2D eigenvalue weighted by Crippen LogP contribution is 2.47. The van der Waals surface area contributed by atoms with Crippen molar-refractivity contribution >= 4 is 11.9 Å². The zero-order chi connectivity index (χ0) is 15.3. The smallest absolute Gasteiger partial charge is 0.338 e. The van der Waals surface area contributed by atoms with E-state index in [1.165, 1.54) is 11.8 Å². The Balaban J connectivity index is 1.55. The lowest BCUT2D eigenvalue weighted by atomic mass is 9.98. The van der Waals surface area contributed by atoms with Crippen LogP contribution in [0.2, 0.25) is 0 Å². The molecule has 1 saturated heterocycles. The molecule has 1 aliphatic carbocycles. The highest BCUT2D eigenvalue weighted by Gasteiger charge is 2.46. The van der Waals surface area contributed by atoms with Gasteiger partial charge >= 0.3 is 11.9 Å². The van der Waals surface area contributed by atoms with Gasteiger partial charge in [-0.15, -0.1) is 0 Å². The maximum Gasteiger partial charge on any atom is 0.338 e. The summed E-state index contributed by atoms with van der Waals surface area (Å²) >= 11 is 0. The van der Waals surface area contributed by atoms with Crippen molar-refractivity contribution in [1.82, 2.24) is 0 Å². The first kappa shape index (κ1) is 13.1. The van der Waals surface area contributed by atoms with Crippen LogP contribution in [0.3, 0.4) is 0 Å². The van der Waals surface area contributed by atoms with Crippen LogP contribution in [-0.4, -0.2) is 18.2 Å². The van der Waals surface area contributed by atoms with Gasteiger partial charge in [0.1, 0.15) is 6.10 Å². The molecule has 0 saturated carbocycles. The van der Waals surface area contributed by atoms with Crippen LogP contribution in [0.15, 0.2) is 47.7 Å². The van der Waals surface area contributed by atoms with E-state index in [-0.39, 0.29) is 18.0 Å². The first-order valence-corrected chi connectivity index (χ1v) is 7.17. The summed E-state index contributed by atoms with van der Waals surface area (Å²) in [6.07, 6.45) is 2.71. The molecule has 4 rings (SSSR count). The van der Waals surface area contributed by atoms with Gasteiger partial charge in [-0.3, -0.25) is 0 Å². The van der Waals surface area contributed by atoms with E-state index < -0.39 is 12.3 Å². The molecule has 5 nitrogen and oxygen atoms in total. The highest BCUT2D eigenvalue weighted by molar-refractivity contribution is 5.92. The standard InChI is InChI=1S/C17H14O5/c1-9-6-14(21-16(9)18)20-8-13-12-7-10-4-2-3-5-11(10)15(12)22-17(13)19/h2-6,8,12,14-15H,7H2,1H3/t12-,14+,15-/m0/s1. The second-order valence-electron chi connectivity index (χ2n) is 5.67. The van der Waals surface area contributed by atoms with E-state index in [0.29, 0.717) is 11.1 Å². The summed E-state index contributed by atoms with van der Waals surface area (Å²) in [6.45, 7) is 1.66. The van der Waals surface area contributed by atoms with Crippen molar-refractivity contribution in [2.45, 2.75) is 25.7 Å². The fraction of sp³-hybridized carbons (Fsp3) is 0.294.